The molecule has 0 aliphatic heterocycles. The third-order valence-corrected chi connectivity index (χ3v) is 3.19. The summed E-state index contributed by atoms with van der Waals surface area (Å²) in [5, 5.41) is 0. The average Bonchev–Trinajstić information content (AvgIpc) is 2.49. The van der Waals surface area contributed by atoms with Crippen LogP contribution in [0, 0.1) is 6.92 Å². The third kappa shape index (κ3) is 1.73. The van der Waals surface area contributed by atoms with Crippen LogP contribution in [0.1, 0.15) is 29.2 Å². The number of hydrogen-bond acceptors (Lipinski definition) is 1. The van der Waals surface area contributed by atoms with E-state index in [1.807, 2.05) is 19.1 Å². The summed E-state index contributed by atoms with van der Waals surface area (Å²) in [4.78, 5) is 0. The van der Waals surface area contributed by atoms with Crippen LogP contribution in [-0.4, -0.2) is 8.76 Å². The SMILES string of the molecule is Cc1cccc2c1C(NS(=O)O)CC2. The minimum absolute atomic E-state index is 0.0389. The van der Waals surface area contributed by atoms with Gasteiger partial charge in [-0.05, 0) is 36.5 Å². The van der Waals surface area contributed by atoms with Crippen molar-refractivity contribution in [2.75, 3.05) is 0 Å². The summed E-state index contributed by atoms with van der Waals surface area (Å²) >= 11 is -1.92. The predicted octanol–water partition coefficient (Wildman–Crippen LogP) is 1.71. The summed E-state index contributed by atoms with van der Waals surface area (Å²) in [7, 11) is 0. The van der Waals surface area contributed by atoms with Gasteiger partial charge in [0.15, 0.2) is 0 Å². The van der Waals surface area contributed by atoms with E-state index in [1.165, 1.54) is 16.7 Å². The quantitative estimate of drug-likeness (QED) is 0.732. The molecule has 3 nitrogen and oxygen atoms in total. The summed E-state index contributed by atoms with van der Waals surface area (Å²) < 4.78 is 22.1. The van der Waals surface area contributed by atoms with Gasteiger partial charge in [-0.1, -0.05) is 18.2 Å². The molecule has 0 bridgehead atoms. The lowest BCUT2D eigenvalue weighted by molar-refractivity contribution is 0.525. The molecule has 1 aromatic rings. The van der Waals surface area contributed by atoms with Gasteiger partial charge in [0, 0.05) is 6.04 Å². The van der Waals surface area contributed by atoms with Crippen molar-refractivity contribution in [1.82, 2.24) is 4.72 Å². The maximum atomic E-state index is 10.7. The van der Waals surface area contributed by atoms with E-state index < -0.39 is 11.3 Å². The Kier molecular flexibility index (Phi) is 2.67. The summed E-state index contributed by atoms with van der Waals surface area (Å²) in [6, 6.07) is 6.20. The number of nitrogens with one attached hydrogen (secondary N) is 1. The molecule has 2 N–H and O–H groups in total. The van der Waals surface area contributed by atoms with Crippen LogP contribution in [0.4, 0.5) is 0 Å². The van der Waals surface area contributed by atoms with Crippen molar-refractivity contribution in [3.63, 3.8) is 0 Å². The van der Waals surface area contributed by atoms with Crippen LogP contribution < -0.4 is 4.72 Å². The van der Waals surface area contributed by atoms with Gasteiger partial charge in [-0.3, -0.25) is 4.55 Å². The largest absolute Gasteiger partial charge is 0.294 e. The first kappa shape index (κ1) is 9.83. The number of rotatable bonds is 2. The van der Waals surface area contributed by atoms with Crippen molar-refractivity contribution in [2.45, 2.75) is 25.8 Å². The smallest absolute Gasteiger partial charge is 0.232 e. The molecule has 2 rings (SSSR count). The van der Waals surface area contributed by atoms with Gasteiger partial charge in [-0.25, -0.2) is 8.93 Å². The highest BCUT2D eigenvalue weighted by atomic mass is 32.2. The number of benzene rings is 1. The maximum absolute atomic E-state index is 10.7. The van der Waals surface area contributed by atoms with Crippen molar-refractivity contribution < 1.29 is 8.76 Å². The Morgan fingerprint density at radius 2 is 2.36 bits per heavy atom. The first-order valence-corrected chi connectivity index (χ1v) is 5.74. The van der Waals surface area contributed by atoms with Gasteiger partial charge in [-0.2, -0.15) is 0 Å². The molecule has 0 saturated carbocycles. The fourth-order valence-corrected chi connectivity index (χ4v) is 2.62. The van der Waals surface area contributed by atoms with Crippen LogP contribution in [0.25, 0.3) is 0 Å². The minimum Gasteiger partial charge on any atom is -0.294 e. The van der Waals surface area contributed by atoms with Crippen molar-refractivity contribution in [2.24, 2.45) is 0 Å². The summed E-state index contributed by atoms with van der Waals surface area (Å²) in [5.41, 5.74) is 3.70. The van der Waals surface area contributed by atoms with E-state index in [1.54, 1.807) is 0 Å². The zero-order chi connectivity index (χ0) is 10.1. The van der Waals surface area contributed by atoms with Crippen molar-refractivity contribution in [3.8, 4) is 0 Å². The van der Waals surface area contributed by atoms with E-state index in [2.05, 4.69) is 10.8 Å². The molecule has 2 unspecified atom stereocenters. The van der Waals surface area contributed by atoms with Gasteiger partial charge in [0.2, 0.25) is 11.3 Å². The molecule has 14 heavy (non-hydrogen) atoms. The van der Waals surface area contributed by atoms with Gasteiger partial charge in [0.05, 0.1) is 0 Å². The topological polar surface area (TPSA) is 49.3 Å². The molecule has 76 valence electrons. The van der Waals surface area contributed by atoms with Crippen LogP contribution in [0.5, 0.6) is 0 Å². The predicted molar refractivity (Wildman–Crippen MR) is 56.1 cm³/mol. The number of fused-ring (bicyclic) bond motifs is 1. The molecule has 0 amide bonds. The molecule has 2 atom stereocenters. The Hall–Kier alpha value is -0.710. The molecule has 4 heteroatoms. The van der Waals surface area contributed by atoms with E-state index >= 15 is 0 Å². The van der Waals surface area contributed by atoms with Crippen LogP contribution in [-0.2, 0) is 17.7 Å². The fraction of sp³-hybridized carbons (Fsp3) is 0.400. The second kappa shape index (κ2) is 3.81. The van der Waals surface area contributed by atoms with E-state index in [-0.39, 0.29) is 6.04 Å². The Morgan fingerprint density at radius 1 is 1.57 bits per heavy atom. The second-order valence-electron chi connectivity index (χ2n) is 3.61. The van der Waals surface area contributed by atoms with Crippen molar-refractivity contribution >= 4 is 11.3 Å². The highest BCUT2D eigenvalue weighted by molar-refractivity contribution is 7.77. The van der Waals surface area contributed by atoms with Gasteiger partial charge < -0.3 is 0 Å². The molecule has 0 fully saturated rings. The van der Waals surface area contributed by atoms with E-state index in [0.29, 0.717) is 0 Å². The molecule has 1 aromatic carbocycles. The molecule has 0 heterocycles. The zero-order valence-corrected chi connectivity index (χ0v) is 8.80. The van der Waals surface area contributed by atoms with E-state index in [4.69, 9.17) is 4.55 Å². The lowest BCUT2D eigenvalue weighted by Crippen LogP contribution is -2.21. The van der Waals surface area contributed by atoms with Crippen LogP contribution >= 0.6 is 0 Å². The monoisotopic (exact) mass is 211 g/mol. The van der Waals surface area contributed by atoms with E-state index in [9.17, 15) is 4.21 Å². The van der Waals surface area contributed by atoms with Gasteiger partial charge >= 0.3 is 0 Å². The summed E-state index contributed by atoms with van der Waals surface area (Å²) in [5.74, 6) is 0. The van der Waals surface area contributed by atoms with Gasteiger partial charge in [0.25, 0.3) is 0 Å². The molecule has 0 saturated heterocycles. The summed E-state index contributed by atoms with van der Waals surface area (Å²) in [6.07, 6.45) is 1.90. The van der Waals surface area contributed by atoms with Crippen molar-refractivity contribution in [3.05, 3.63) is 34.9 Å². The lowest BCUT2D eigenvalue weighted by atomic mass is 10.0. The molecular formula is C10H13NO2S. The molecule has 0 aromatic heterocycles. The van der Waals surface area contributed by atoms with Crippen LogP contribution in [0.3, 0.4) is 0 Å². The molecule has 0 radical (unpaired) electrons. The Labute approximate surface area is 85.9 Å². The molecule has 0 spiro atoms. The average molecular weight is 211 g/mol. The molecule has 1 aliphatic rings. The Morgan fingerprint density at radius 3 is 3.07 bits per heavy atom. The minimum atomic E-state index is -1.92. The standard InChI is InChI=1S/C10H13NO2S/c1-7-3-2-4-8-5-6-9(10(7)8)11-14(12)13/h2-4,9,11H,5-6H2,1H3,(H,12,13). The van der Waals surface area contributed by atoms with Gasteiger partial charge in [-0.15, -0.1) is 0 Å². The number of hydrogen-bond donors (Lipinski definition) is 2. The zero-order valence-electron chi connectivity index (χ0n) is 7.99. The second-order valence-corrected chi connectivity index (χ2v) is 4.34. The summed E-state index contributed by atoms with van der Waals surface area (Å²) in [6.45, 7) is 2.04. The van der Waals surface area contributed by atoms with Crippen LogP contribution in [0.15, 0.2) is 18.2 Å². The third-order valence-electron chi connectivity index (χ3n) is 2.71. The van der Waals surface area contributed by atoms with Gasteiger partial charge in [0.1, 0.15) is 0 Å². The normalized spacial score (nSPS) is 22.0. The maximum Gasteiger partial charge on any atom is 0.232 e. The Balaban J connectivity index is 2.33. The number of aryl methyl sites for hydroxylation is 2. The van der Waals surface area contributed by atoms with E-state index in [0.717, 1.165) is 12.8 Å². The highest BCUT2D eigenvalue weighted by Crippen LogP contribution is 2.33. The van der Waals surface area contributed by atoms with Crippen molar-refractivity contribution in [1.29, 1.82) is 0 Å². The first-order chi connectivity index (χ1) is 6.68. The highest BCUT2D eigenvalue weighted by Gasteiger charge is 2.24. The molecule has 1 aliphatic carbocycles. The van der Waals surface area contributed by atoms with Crippen LogP contribution in [0.2, 0.25) is 0 Å². The fourth-order valence-electron chi connectivity index (χ4n) is 2.14. The Bertz CT molecular complexity index is 378. The molecular weight excluding hydrogens is 198 g/mol. The lowest BCUT2D eigenvalue weighted by Gasteiger charge is -2.12. The first-order valence-electron chi connectivity index (χ1n) is 4.64.